The molecular formula is C13H24N2O2. The van der Waals surface area contributed by atoms with Crippen LogP contribution in [-0.2, 0) is 4.79 Å². The van der Waals surface area contributed by atoms with E-state index in [1.807, 2.05) is 0 Å². The minimum Gasteiger partial charge on any atom is -0.396 e. The van der Waals surface area contributed by atoms with Gasteiger partial charge in [-0.3, -0.25) is 9.69 Å². The van der Waals surface area contributed by atoms with Gasteiger partial charge in [-0.25, -0.2) is 0 Å². The molecule has 2 aliphatic rings. The first-order chi connectivity index (χ1) is 8.29. The van der Waals surface area contributed by atoms with Gasteiger partial charge in [-0.1, -0.05) is 6.42 Å². The van der Waals surface area contributed by atoms with Gasteiger partial charge < -0.3 is 10.4 Å². The molecule has 2 saturated carbocycles. The highest BCUT2D eigenvalue weighted by molar-refractivity contribution is 5.76. The van der Waals surface area contributed by atoms with Gasteiger partial charge in [0.25, 0.3) is 0 Å². The van der Waals surface area contributed by atoms with Gasteiger partial charge in [0, 0.05) is 38.2 Å². The maximum absolute atomic E-state index is 11.6. The van der Waals surface area contributed by atoms with E-state index in [0.29, 0.717) is 18.5 Å². The number of hydrogen-bond acceptors (Lipinski definition) is 3. The minimum atomic E-state index is 0.195. The van der Waals surface area contributed by atoms with Crippen LogP contribution in [0, 0.1) is 0 Å². The molecule has 0 aliphatic heterocycles. The third-order valence-electron chi connectivity index (χ3n) is 3.76. The Balaban J connectivity index is 1.65. The van der Waals surface area contributed by atoms with Crippen molar-refractivity contribution in [3.05, 3.63) is 0 Å². The van der Waals surface area contributed by atoms with E-state index in [1.165, 1.54) is 19.3 Å². The van der Waals surface area contributed by atoms with Crippen molar-refractivity contribution in [2.75, 3.05) is 19.7 Å². The smallest absolute Gasteiger partial charge is 0.221 e. The number of rotatable bonds is 8. The molecule has 2 N–H and O–H groups in total. The molecule has 4 heteroatoms. The molecule has 0 bridgehead atoms. The molecule has 0 aromatic heterocycles. The van der Waals surface area contributed by atoms with Crippen LogP contribution in [0.25, 0.3) is 0 Å². The summed E-state index contributed by atoms with van der Waals surface area (Å²) in [6, 6.07) is 1.13. The van der Waals surface area contributed by atoms with Crippen LogP contribution in [0.3, 0.4) is 0 Å². The molecule has 0 radical (unpaired) electrons. The number of aliphatic hydroxyl groups is 1. The summed E-state index contributed by atoms with van der Waals surface area (Å²) in [6.45, 7) is 2.03. The highest BCUT2D eigenvalue weighted by atomic mass is 16.3. The molecule has 0 aromatic carbocycles. The van der Waals surface area contributed by atoms with Gasteiger partial charge in [0.2, 0.25) is 5.91 Å². The Kier molecular flexibility index (Phi) is 4.80. The van der Waals surface area contributed by atoms with Crippen LogP contribution in [0.5, 0.6) is 0 Å². The number of nitrogens with one attached hydrogen (secondary N) is 1. The lowest BCUT2D eigenvalue weighted by molar-refractivity contribution is -0.121. The molecule has 1 amide bonds. The van der Waals surface area contributed by atoms with Crippen molar-refractivity contribution in [1.82, 2.24) is 10.2 Å². The topological polar surface area (TPSA) is 52.6 Å². The molecular weight excluding hydrogens is 216 g/mol. The highest BCUT2D eigenvalue weighted by Gasteiger charge is 2.26. The zero-order chi connectivity index (χ0) is 12.1. The van der Waals surface area contributed by atoms with Gasteiger partial charge in [-0.15, -0.1) is 0 Å². The van der Waals surface area contributed by atoms with Gasteiger partial charge >= 0.3 is 0 Å². The Morgan fingerprint density at radius 1 is 1.24 bits per heavy atom. The minimum absolute atomic E-state index is 0.195. The predicted octanol–water partition coefficient (Wildman–Crippen LogP) is 0.892. The van der Waals surface area contributed by atoms with Crippen LogP contribution < -0.4 is 5.32 Å². The lowest BCUT2D eigenvalue weighted by Gasteiger charge is -2.37. The predicted molar refractivity (Wildman–Crippen MR) is 66.7 cm³/mol. The average molecular weight is 240 g/mol. The van der Waals surface area contributed by atoms with Crippen LogP contribution in [0.15, 0.2) is 0 Å². The third kappa shape index (κ3) is 4.28. The number of carbonyl (C=O) groups excluding carboxylic acids is 1. The van der Waals surface area contributed by atoms with E-state index >= 15 is 0 Å². The van der Waals surface area contributed by atoms with Crippen LogP contribution in [0.2, 0.25) is 0 Å². The molecule has 2 aliphatic carbocycles. The fourth-order valence-corrected chi connectivity index (χ4v) is 2.28. The summed E-state index contributed by atoms with van der Waals surface area (Å²) in [6.07, 6.45) is 7.57. The summed E-state index contributed by atoms with van der Waals surface area (Å²) in [5.41, 5.74) is 0. The molecule has 0 spiro atoms. The normalized spacial score (nSPS) is 20.4. The summed E-state index contributed by atoms with van der Waals surface area (Å²) in [7, 11) is 0. The maximum atomic E-state index is 11.6. The second-order valence-corrected chi connectivity index (χ2v) is 5.29. The molecule has 0 saturated heterocycles. The fraction of sp³-hybridized carbons (Fsp3) is 0.923. The van der Waals surface area contributed by atoms with Crippen LogP contribution in [0.1, 0.15) is 44.9 Å². The largest absolute Gasteiger partial charge is 0.396 e. The first kappa shape index (κ1) is 12.8. The zero-order valence-corrected chi connectivity index (χ0v) is 10.5. The Morgan fingerprint density at radius 3 is 2.53 bits per heavy atom. The molecule has 17 heavy (non-hydrogen) atoms. The van der Waals surface area contributed by atoms with Crippen LogP contribution in [0.4, 0.5) is 0 Å². The third-order valence-corrected chi connectivity index (χ3v) is 3.76. The van der Waals surface area contributed by atoms with Gasteiger partial charge in [-0.05, 0) is 32.1 Å². The van der Waals surface area contributed by atoms with Crippen molar-refractivity contribution in [2.45, 2.75) is 57.0 Å². The van der Waals surface area contributed by atoms with E-state index in [9.17, 15) is 4.79 Å². The standard InChI is InChI=1S/C13H24N2O2/c16-10-2-8-15(12-3-1-4-12)9-7-13(17)14-11-5-6-11/h11-12,16H,1-10H2,(H,14,17). The number of aliphatic hydroxyl groups excluding tert-OH is 1. The molecule has 0 unspecified atom stereocenters. The van der Waals surface area contributed by atoms with Crippen molar-refractivity contribution < 1.29 is 9.90 Å². The van der Waals surface area contributed by atoms with E-state index < -0.39 is 0 Å². The Hall–Kier alpha value is -0.610. The summed E-state index contributed by atoms with van der Waals surface area (Å²) in [4.78, 5) is 14.0. The van der Waals surface area contributed by atoms with Crippen molar-refractivity contribution in [3.8, 4) is 0 Å². The number of nitrogens with zero attached hydrogens (tertiary/aromatic N) is 1. The molecule has 0 heterocycles. The van der Waals surface area contributed by atoms with Gasteiger partial charge in [0.05, 0.1) is 0 Å². The number of amides is 1. The Labute approximate surface area is 103 Å². The number of carbonyl (C=O) groups is 1. The fourth-order valence-electron chi connectivity index (χ4n) is 2.28. The molecule has 4 nitrogen and oxygen atoms in total. The molecule has 2 fully saturated rings. The van der Waals surface area contributed by atoms with Crippen LogP contribution in [-0.4, -0.2) is 47.7 Å². The van der Waals surface area contributed by atoms with Crippen molar-refractivity contribution in [1.29, 1.82) is 0 Å². The first-order valence-corrected chi connectivity index (χ1v) is 6.94. The molecule has 0 atom stereocenters. The summed E-state index contributed by atoms with van der Waals surface area (Å²) in [5.74, 6) is 0.195. The van der Waals surface area contributed by atoms with E-state index in [1.54, 1.807) is 0 Å². The van der Waals surface area contributed by atoms with Crippen molar-refractivity contribution in [3.63, 3.8) is 0 Å². The Morgan fingerprint density at radius 2 is 2.00 bits per heavy atom. The SMILES string of the molecule is O=C(CCN(CCCO)C1CCC1)NC1CC1. The second kappa shape index (κ2) is 6.36. The van der Waals surface area contributed by atoms with Crippen molar-refractivity contribution in [2.24, 2.45) is 0 Å². The molecule has 98 valence electrons. The van der Waals surface area contributed by atoms with Crippen molar-refractivity contribution >= 4 is 5.91 Å². The highest BCUT2D eigenvalue weighted by Crippen LogP contribution is 2.25. The summed E-state index contributed by atoms with van der Waals surface area (Å²) < 4.78 is 0. The summed E-state index contributed by atoms with van der Waals surface area (Å²) in [5, 5.41) is 11.9. The van der Waals surface area contributed by atoms with Gasteiger partial charge in [-0.2, -0.15) is 0 Å². The first-order valence-electron chi connectivity index (χ1n) is 6.94. The lowest BCUT2D eigenvalue weighted by atomic mass is 9.91. The van der Waals surface area contributed by atoms with E-state index in [2.05, 4.69) is 10.2 Å². The second-order valence-electron chi connectivity index (χ2n) is 5.29. The van der Waals surface area contributed by atoms with E-state index in [4.69, 9.17) is 5.11 Å². The van der Waals surface area contributed by atoms with Gasteiger partial charge in [0.1, 0.15) is 0 Å². The molecule has 0 aromatic rings. The van der Waals surface area contributed by atoms with Crippen LogP contribution >= 0.6 is 0 Å². The van der Waals surface area contributed by atoms with E-state index in [0.717, 1.165) is 32.4 Å². The zero-order valence-electron chi connectivity index (χ0n) is 10.5. The molecule has 2 rings (SSSR count). The Bertz CT molecular complexity index is 250. The quantitative estimate of drug-likeness (QED) is 0.662. The summed E-state index contributed by atoms with van der Waals surface area (Å²) >= 11 is 0. The maximum Gasteiger partial charge on any atom is 0.221 e. The lowest BCUT2D eigenvalue weighted by Crippen LogP contribution is -2.43. The number of hydrogen-bond donors (Lipinski definition) is 2. The van der Waals surface area contributed by atoms with E-state index in [-0.39, 0.29) is 12.5 Å². The monoisotopic (exact) mass is 240 g/mol. The average Bonchev–Trinajstić information content (AvgIpc) is 3.03. The van der Waals surface area contributed by atoms with Gasteiger partial charge in [0.15, 0.2) is 0 Å².